The predicted octanol–water partition coefficient (Wildman–Crippen LogP) is 3.66. The fraction of sp³-hybridized carbons (Fsp3) is 0.250. The standard InChI is InChI=1S/C12H11ClO3/c1-3-8-4-7-5-9(13)6(2)10(12(14)15)11(7)16-8/h4-5H,3H2,1-2H3,(H,14,15). The molecule has 0 aliphatic carbocycles. The van der Waals surface area contributed by atoms with Gasteiger partial charge in [0.2, 0.25) is 0 Å². The third kappa shape index (κ3) is 1.57. The molecular formula is C12H11ClO3. The number of halogens is 1. The molecule has 0 atom stereocenters. The average molecular weight is 239 g/mol. The van der Waals surface area contributed by atoms with Gasteiger partial charge in [-0.05, 0) is 24.6 Å². The van der Waals surface area contributed by atoms with E-state index in [2.05, 4.69) is 0 Å². The fourth-order valence-corrected chi connectivity index (χ4v) is 1.94. The van der Waals surface area contributed by atoms with E-state index in [1.165, 1.54) is 0 Å². The SMILES string of the molecule is CCc1cc2cc(Cl)c(C)c(C(=O)O)c2o1. The molecule has 0 amide bonds. The van der Waals surface area contributed by atoms with Crippen LogP contribution in [0.25, 0.3) is 11.0 Å². The monoisotopic (exact) mass is 238 g/mol. The first-order valence-corrected chi connectivity index (χ1v) is 5.37. The lowest BCUT2D eigenvalue weighted by molar-refractivity contribution is 0.0697. The van der Waals surface area contributed by atoms with E-state index < -0.39 is 5.97 Å². The summed E-state index contributed by atoms with van der Waals surface area (Å²) in [7, 11) is 0. The fourth-order valence-electron chi connectivity index (χ4n) is 1.73. The van der Waals surface area contributed by atoms with E-state index in [1.807, 2.05) is 13.0 Å². The number of carboxylic acids is 1. The van der Waals surface area contributed by atoms with Gasteiger partial charge in [0.1, 0.15) is 16.9 Å². The summed E-state index contributed by atoms with van der Waals surface area (Å²) in [5.74, 6) is -0.249. The van der Waals surface area contributed by atoms with Gasteiger partial charge in [0, 0.05) is 16.8 Å². The average Bonchev–Trinajstić information content (AvgIpc) is 2.61. The van der Waals surface area contributed by atoms with Crippen LogP contribution < -0.4 is 0 Å². The molecule has 2 rings (SSSR count). The van der Waals surface area contributed by atoms with Gasteiger partial charge in [-0.3, -0.25) is 0 Å². The Hall–Kier alpha value is -1.48. The summed E-state index contributed by atoms with van der Waals surface area (Å²) in [4.78, 5) is 11.2. The Kier molecular flexibility index (Phi) is 2.64. The van der Waals surface area contributed by atoms with E-state index in [-0.39, 0.29) is 5.56 Å². The van der Waals surface area contributed by atoms with Crippen LogP contribution in [-0.2, 0) is 6.42 Å². The number of hydrogen-bond donors (Lipinski definition) is 1. The molecule has 1 aromatic heterocycles. The van der Waals surface area contributed by atoms with E-state index in [0.29, 0.717) is 16.2 Å². The number of benzene rings is 1. The third-order valence-electron chi connectivity index (χ3n) is 2.62. The van der Waals surface area contributed by atoms with E-state index in [4.69, 9.17) is 21.1 Å². The van der Waals surface area contributed by atoms with Crippen LogP contribution in [0.5, 0.6) is 0 Å². The van der Waals surface area contributed by atoms with Gasteiger partial charge in [0.15, 0.2) is 0 Å². The molecule has 0 saturated carbocycles. The van der Waals surface area contributed by atoms with Crippen molar-refractivity contribution in [2.45, 2.75) is 20.3 Å². The topological polar surface area (TPSA) is 50.4 Å². The zero-order chi connectivity index (χ0) is 11.9. The highest BCUT2D eigenvalue weighted by molar-refractivity contribution is 6.33. The van der Waals surface area contributed by atoms with Gasteiger partial charge >= 0.3 is 5.97 Å². The van der Waals surface area contributed by atoms with Crippen LogP contribution >= 0.6 is 11.6 Å². The van der Waals surface area contributed by atoms with Crippen molar-refractivity contribution >= 4 is 28.5 Å². The molecule has 0 aliphatic heterocycles. The molecule has 84 valence electrons. The molecule has 0 spiro atoms. The highest BCUT2D eigenvalue weighted by Crippen LogP contribution is 2.31. The largest absolute Gasteiger partial charge is 0.478 e. The van der Waals surface area contributed by atoms with Crippen LogP contribution in [0.1, 0.15) is 28.6 Å². The third-order valence-corrected chi connectivity index (χ3v) is 3.01. The Labute approximate surface area is 97.6 Å². The van der Waals surface area contributed by atoms with Crippen LogP contribution in [-0.4, -0.2) is 11.1 Å². The molecule has 1 aromatic carbocycles. The lowest BCUT2D eigenvalue weighted by Gasteiger charge is -2.03. The highest BCUT2D eigenvalue weighted by atomic mass is 35.5. The molecule has 0 aliphatic rings. The van der Waals surface area contributed by atoms with E-state index in [0.717, 1.165) is 17.6 Å². The Balaban J connectivity index is 2.86. The Morgan fingerprint density at radius 2 is 2.19 bits per heavy atom. The smallest absolute Gasteiger partial charge is 0.339 e. The van der Waals surface area contributed by atoms with Crippen molar-refractivity contribution in [2.75, 3.05) is 0 Å². The first kappa shape index (κ1) is 11.0. The maximum absolute atomic E-state index is 11.2. The summed E-state index contributed by atoms with van der Waals surface area (Å²) in [5.41, 5.74) is 1.10. The second-order valence-corrected chi connectivity index (χ2v) is 4.06. The first-order chi connectivity index (χ1) is 7.54. The van der Waals surface area contributed by atoms with Crippen molar-refractivity contribution in [3.05, 3.63) is 34.0 Å². The number of carboxylic acid groups (broad SMARTS) is 1. The molecule has 0 saturated heterocycles. The summed E-state index contributed by atoms with van der Waals surface area (Å²) in [6, 6.07) is 3.56. The molecule has 3 nitrogen and oxygen atoms in total. The summed E-state index contributed by atoms with van der Waals surface area (Å²) >= 11 is 5.98. The molecule has 2 aromatic rings. The Bertz CT molecular complexity index is 569. The number of carbonyl (C=O) groups is 1. The highest BCUT2D eigenvalue weighted by Gasteiger charge is 2.18. The second-order valence-electron chi connectivity index (χ2n) is 3.65. The molecule has 4 heteroatoms. The first-order valence-electron chi connectivity index (χ1n) is 4.99. The normalized spacial score (nSPS) is 10.9. The van der Waals surface area contributed by atoms with Crippen molar-refractivity contribution < 1.29 is 14.3 Å². The van der Waals surface area contributed by atoms with Crippen molar-refractivity contribution in [3.63, 3.8) is 0 Å². The van der Waals surface area contributed by atoms with Gasteiger partial charge in [-0.25, -0.2) is 4.79 Å². The molecule has 0 unspecified atom stereocenters. The van der Waals surface area contributed by atoms with Gasteiger partial charge in [-0.15, -0.1) is 0 Å². The second kappa shape index (κ2) is 3.83. The van der Waals surface area contributed by atoms with E-state index >= 15 is 0 Å². The number of furan rings is 1. The van der Waals surface area contributed by atoms with Gasteiger partial charge in [-0.1, -0.05) is 18.5 Å². The molecule has 1 heterocycles. The Morgan fingerprint density at radius 1 is 1.50 bits per heavy atom. The van der Waals surface area contributed by atoms with Gasteiger partial charge in [0.05, 0.1) is 0 Å². The lowest BCUT2D eigenvalue weighted by atomic mass is 10.1. The van der Waals surface area contributed by atoms with E-state index in [9.17, 15) is 4.79 Å². The quantitative estimate of drug-likeness (QED) is 0.869. The molecule has 0 radical (unpaired) electrons. The Morgan fingerprint density at radius 3 is 2.75 bits per heavy atom. The minimum Gasteiger partial charge on any atom is -0.478 e. The number of rotatable bonds is 2. The minimum atomic E-state index is -1.01. The number of aromatic carboxylic acids is 1. The lowest BCUT2D eigenvalue weighted by Crippen LogP contribution is -2.00. The maximum Gasteiger partial charge on any atom is 0.339 e. The number of fused-ring (bicyclic) bond motifs is 1. The number of hydrogen-bond acceptors (Lipinski definition) is 2. The van der Waals surface area contributed by atoms with Crippen LogP contribution in [0.3, 0.4) is 0 Å². The zero-order valence-electron chi connectivity index (χ0n) is 9.00. The molecule has 0 fully saturated rings. The van der Waals surface area contributed by atoms with Crippen molar-refractivity contribution in [1.82, 2.24) is 0 Å². The van der Waals surface area contributed by atoms with Gasteiger partial charge in [0.25, 0.3) is 0 Å². The summed E-state index contributed by atoms with van der Waals surface area (Å²) in [6.45, 7) is 3.63. The minimum absolute atomic E-state index is 0.155. The number of aryl methyl sites for hydroxylation is 1. The van der Waals surface area contributed by atoms with Crippen LogP contribution in [0.4, 0.5) is 0 Å². The van der Waals surface area contributed by atoms with Crippen LogP contribution in [0.15, 0.2) is 16.5 Å². The van der Waals surface area contributed by atoms with Gasteiger partial charge in [-0.2, -0.15) is 0 Å². The predicted molar refractivity (Wildman–Crippen MR) is 62.3 cm³/mol. The summed E-state index contributed by atoms with van der Waals surface area (Å²) in [6.07, 6.45) is 0.727. The van der Waals surface area contributed by atoms with Crippen LogP contribution in [0.2, 0.25) is 5.02 Å². The van der Waals surface area contributed by atoms with Crippen molar-refractivity contribution in [1.29, 1.82) is 0 Å². The van der Waals surface area contributed by atoms with Crippen molar-refractivity contribution in [3.8, 4) is 0 Å². The molecule has 16 heavy (non-hydrogen) atoms. The van der Waals surface area contributed by atoms with Crippen molar-refractivity contribution in [2.24, 2.45) is 0 Å². The van der Waals surface area contributed by atoms with Gasteiger partial charge < -0.3 is 9.52 Å². The zero-order valence-corrected chi connectivity index (χ0v) is 9.76. The van der Waals surface area contributed by atoms with E-state index in [1.54, 1.807) is 13.0 Å². The molecule has 0 bridgehead atoms. The summed E-state index contributed by atoms with van der Waals surface area (Å²) < 4.78 is 5.51. The molecule has 1 N–H and O–H groups in total. The summed E-state index contributed by atoms with van der Waals surface area (Å²) in [5, 5.41) is 10.3. The maximum atomic E-state index is 11.2. The van der Waals surface area contributed by atoms with Crippen LogP contribution in [0, 0.1) is 6.92 Å². The molecular weight excluding hydrogens is 228 g/mol.